The molecule has 3 unspecified atom stereocenters. The molecule has 594 valence electrons. The number of hydrogen-bond acceptors (Lipinski definition) is 15. The number of ketones is 2. The van der Waals surface area contributed by atoms with Crippen LogP contribution in [-0.4, -0.2) is 203 Å². The van der Waals surface area contributed by atoms with Crippen molar-refractivity contribution in [2.45, 2.75) is 291 Å². The van der Waals surface area contributed by atoms with Crippen molar-refractivity contribution >= 4 is 65.6 Å². The number of benzene rings is 2. The van der Waals surface area contributed by atoms with E-state index in [4.69, 9.17) is 19.1 Å². The Morgan fingerprint density at radius 1 is 0.593 bits per heavy atom. The van der Waals surface area contributed by atoms with Gasteiger partial charge in [-0.15, -0.1) is 0 Å². The summed E-state index contributed by atoms with van der Waals surface area (Å²) in [7, 11) is 5.58. The van der Waals surface area contributed by atoms with Gasteiger partial charge >= 0.3 is 13.1 Å². The van der Waals surface area contributed by atoms with Crippen LogP contribution in [-0.2, 0) is 70.0 Å². The van der Waals surface area contributed by atoms with Crippen molar-refractivity contribution in [3.8, 4) is 11.1 Å². The van der Waals surface area contributed by atoms with E-state index in [1.807, 2.05) is 126 Å². The van der Waals surface area contributed by atoms with Gasteiger partial charge in [0, 0.05) is 108 Å². The number of carbonyl (C=O) groups is 9. The minimum atomic E-state index is -1.95. The molecule has 5 fully saturated rings. The van der Waals surface area contributed by atoms with Gasteiger partial charge in [-0.05, 0) is 133 Å². The highest BCUT2D eigenvalue weighted by molar-refractivity contribution is 6.62. The van der Waals surface area contributed by atoms with E-state index in [1.165, 1.54) is 75.4 Å². The first-order valence-electron chi connectivity index (χ1n) is 40.0. The number of Topliss-reactive ketones (excluding diaryl/α,β-unsaturated/α-hetero) is 2. The molecule has 2 aromatic heterocycles. The second-order valence-corrected chi connectivity index (χ2v) is 34.4. The zero-order valence-electron chi connectivity index (χ0n) is 68.4. The molecule has 3 aliphatic heterocycles. The summed E-state index contributed by atoms with van der Waals surface area (Å²) in [5, 5.41) is 24.0. The third-order valence-electron chi connectivity index (χ3n) is 24.0. The third kappa shape index (κ3) is 20.5. The lowest BCUT2D eigenvalue weighted by Crippen LogP contribution is -2.61. The minimum Gasteiger partial charge on any atom is -0.450 e. The van der Waals surface area contributed by atoms with Crippen LogP contribution in [0.25, 0.3) is 11.1 Å². The number of carbonyl (C=O) groups excluding carboxylic acids is 9. The number of fused-ring (bicyclic) bond motifs is 1. The Labute approximate surface area is 643 Å². The highest BCUT2D eigenvalue weighted by Crippen LogP contribution is 2.38. The molecule has 0 radical (unpaired) electrons. The van der Waals surface area contributed by atoms with Crippen LogP contribution in [0.15, 0.2) is 79.4 Å². The van der Waals surface area contributed by atoms with Crippen molar-refractivity contribution in [2.24, 2.45) is 41.4 Å². The Balaban J connectivity index is 0.000000662. The molecule has 2 aromatic carbocycles. The van der Waals surface area contributed by atoms with Crippen LogP contribution in [0.1, 0.15) is 230 Å². The van der Waals surface area contributed by atoms with Gasteiger partial charge in [0.1, 0.15) is 18.1 Å². The first-order valence-corrected chi connectivity index (χ1v) is 40.0. The molecule has 3 saturated heterocycles. The molecule has 11 atom stereocenters. The number of ether oxygens (including phenoxy) is 1. The standard InChI is InChI=1S/C70H104N8O11.C14H23BN2O2/c1-17-45(9)53-39-57(79)55-32-25-33-77(55)67(85)56(37-48-28-24-29-49(35-48)51-40-71-78(41-51)52-30-22-23-31-52)73(13)66(84)54(36-47-26-20-19-21-27-47)72-63(81)60(44(7)8)75(15)68(86)61(46(10)18-2)89-69(87)62(70(11,12)88)76(16)64(82)50(34-42(3)4)38-58(80)59(43(5)6)74(14)65(53)83;1-13(2)14(3,4)19-15(18-13)11-9-16-17(10-11)12-7-5-6-8-12/h19-21,24,26-29,35,40-46,50,52-56,59-62,88H,17-18,22-23,25,30-34,36-39H2,1-16H3,(H,72,81);9-10,12H,5-8H2,1-4H3/t45?,46?,50?,53-,54-,55-,56-,59-,60-,61+,62+;/m0./s1. The molecule has 5 heterocycles. The fourth-order valence-corrected chi connectivity index (χ4v) is 16.7. The van der Waals surface area contributed by atoms with Crippen molar-refractivity contribution in [2.75, 3.05) is 34.7 Å². The van der Waals surface area contributed by atoms with E-state index in [-0.39, 0.29) is 74.6 Å². The van der Waals surface area contributed by atoms with Crippen LogP contribution in [0.2, 0.25) is 0 Å². The number of likely N-dealkylation sites (N-methyl/N-ethyl adjacent to an activating group) is 4. The molecule has 108 heavy (non-hydrogen) atoms. The van der Waals surface area contributed by atoms with E-state index in [0.29, 0.717) is 43.3 Å². The number of aromatic nitrogens is 4. The number of nitrogens with zero attached hydrogens (tertiary/aromatic N) is 9. The molecular weight excluding hydrogens is 1370 g/mol. The van der Waals surface area contributed by atoms with Gasteiger partial charge in [0.15, 0.2) is 23.7 Å². The predicted molar refractivity (Wildman–Crippen MR) is 418 cm³/mol. The van der Waals surface area contributed by atoms with E-state index in [2.05, 4.69) is 49.0 Å². The van der Waals surface area contributed by atoms with Crippen molar-refractivity contribution in [1.82, 2.24) is 49.4 Å². The van der Waals surface area contributed by atoms with Gasteiger partial charge in [0.2, 0.25) is 29.5 Å². The maximum atomic E-state index is 15.8. The van der Waals surface area contributed by atoms with E-state index in [0.717, 1.165) is 52.7 Å². The number of nitrogens with one attached hydrogen (secondary N) is 1. The van der Waals surface area contributed by atoms with Gasteiger partial charge in [-0.3, -0.25) is 47.7 Å². The lowest BCUT2D eigenvalue weighted by Gasteiger charge is -2.39. The Morgan fingerprint density at radius 3 is 1.72 bits per heavy atom. The van der Waals surface area contributed by atoms with Crippen molar-refractivity contribution in [3.05, 3.63) is 90.5 Å². The summed E-state index contributed by atoms with van der Waals surface area (Å²) >= 11 is 0. The van der Waals surface area contributed by atoms with Gasteiger partial charge in [0.05, 0.1) is 47.2 Å². The van der Waals surface area contributed by atoms with Crippen LogP contribution in [0.5, 0.6) is 0 Å². The predicted octanol–water partition coefficient (Wildman–Crippen LogP) is 10.8. The zero-order chi connectivity index (χ0) is 79.6. The summed E-state index contributed by atoms with van der Waals surface area (Å²) < 4.78 is 22.4. The minimum absolute atomic E-state index is 0.0110. The average Bonchev–Trinajstić information content (AvgIpc) is 1.61. The molecule has 0 bridgehead atoms. The van der Waals surface area contributed by atoms with Gasteiger partial charge in [0.25, 0.3) is 5.91 Å². The van der Waals surface area contributed by atoms with Gasteiger partial charge in [-0.1, -0.05) is 156 Å². The van der Waals surface area contributed by atoms with Crippen molar-refractivity contribution in [3.63, 3.8) is 0 Å². The fourth-order valence-electron chi connectivity index (χ4n) is 16.7. The molecule has 2 N–H and O–H groups in total. The SMILES string of the molecule is CC1(C)OB(c2cnn(C3CCCC3)c2)OC1(C)C.CCC(C)[C@@H]1CC(=O)[C@@H]2CCCN2C(=O)[C@H](Cc2cccc(-c3cnn(C4CCCC4)c3)c2)N(C)C(=O)[C@H](Cc2ccccc2)NC(=O)[C@H](C(C)C)N(C)C(=O)[C@@H](C(C)CC)OC(=O)[C@H](C(C)(C)O)N(C)C(=O)C(CC(C)C)CC(=O)[C@H](C(C)C)N(C)C1=O. The Morgan fingerprint density at radius 2 is 1.16 bits per heavy atom. The molecule has 2 aliphatic carbocycles. The molecule has 9 rings (SSSR count). The quantitative estimate of drug-likeness (QED) is 0.0735. The largest absolute Gasteiger partial charge is 0.498 e. The summed E-state index contributed by atoms with van der Waals surface area (Å²) in [6, 6.07) is 10.3. The summed E-state index contributed by atoms with van der Waals surface area (Å²) in [6.45, 7) is 29.5. The van der Waals surface area contributed by atoms with Gasteiger partial charge in [-0.25, -0.2) is 4.79 Å². The number of hydrogen-bond donors (Lipinski definition) is 2. The number of cyclic esters (lactones) is 1. The number of aliphatic hydroxyl groups is 1. The molecule has 6 amide bonds. The lowest BCUT2D eigenvalue weighted by atomic mass is 9.82. The normalized spacial score (nSPS) is 26.2. The van der Waals surface area contributed by atoms with Crippen LogP contribution >= 0.6 is 0 Å². The number of esters is 1. The number of rotatable bonds is 17. The molecule has 5 aliphatic rings. The van der Waals surface area contributed by atoms with Crippen LogP contribution in [0, 0.1) is 41.4 Å². The average molecular weight is 1500 g/mol. The van der Waals surface area contributed by atoms with E-state index in [9.17, 15) is 19.5 Å². The monoisotopic (exact) mass is 1490 g/mol. The first kappa shape index (κ1) is 86.0. The Hall–Kier alpha value is -7.57. The maximum absolute atomic E-state index is 15.8. The molecule has 2 saturated carbocycles. The summed E-state index contributed by atoms with van der Waals surface area (Å²) in [5.74, 6) is -9.42. The molecule has 0 spiro atoms. The molecule has 4 aromatic rings. The highest BCUT2D eigenvalue weighted by atomic mass is 16.7. The van der Waals surface area contributed by atoms with E-state index in [1.54, 1.807) is 32.7 Å². The maximum Gasteiger partial charge on any atom is 0.498 e. The van der Waals surface area contributed by atoms with E-state index < -0.39 is 125 Å². The van der Waals surface area contributed by atoms with Crippen LogP contribution in [0.3, 0.4) is 0 Å². The summed E-state index contributed by atoms with van der Waals surface area (Å²) in [4.78, 5) is 143. The first-order chi connectivity index (χ1) is 50.8. The highest BCUT2D eigenvalue weighted by Gasteiger charge is 2.53. The second kappa shape index (κ2) is 37.0. The topological polar surface area (TPSA) is 265 Å². The lowest BCUT2D eigenvalue weighted by molar-refractivity contribution is -0.178. The third-order valence-corrected chi connectivity index (χ3v) is 24.0. The molecular formula is C84H127BN10O13. The Kier molecular flexibility index (Phi) is 29.5. The zero-order valence-corrected chi connectivity index (χ0v) is 68.4. The molecule has 23 nitrogen and oxygen atoms in total. The molecule has 24 heteroatoms. The summed E-state index contributed by atoms with van der Waals surface area (Å²) in [6.07, 6.45) is 17.2. The van der Waals surface area contributed by atoms with Crippen LogP contribution < -0.4 is 10.8 Å². The summed E-state index contributed by atoms with van der Waals surface area (Å²) in [5.41, 5.74) is 1.71. The van der Waals surface area contributed by atoms with Crippen molar-refractivity contribution < 1.29 is 62.3 Å². The van der Waals surface area contributed by atoms with Gasteiger partial charge in [-0.2, -0.15) is 10.2 Å². The fraction of sp³-hybridized carbons (Fsp3) is 0.679. The number of amides is 6. The van der Waals surface area contributed by atoms with Gasteiger partial charge < -0.3 is 49.0 Å². The smallest absolute Gasteiger partial charge is 0.450 e. The van der Waals surface area contributed by atoms with Crippen LogP contribution in [0.4, 0.5) is 0 Å². The Bertz CT molecular complexity index is 3720. The van der Waals surface area contributed by atoms with E-state index >= 15 is 28.8 Å². The second-order valence-electron chi connectivity index (χ2n) is 34.4. The van der Waals surface area contributed by atoms with Crippen molar-refractivity contribution in [1.29, 1.82) is 0 Å².